The Kier molecular flexibility index (Phi) is 4.64. The summed E-state index contributed by atoms with van der Waals surface area (Å²) < 4.78 is 6.15. The van der Waals surface area contributed by atoms with Crippen molar-refractivity contribution in [2.24, 2.45) is 0 Å². The highest BCUT2D eigenvalue weighted by Crippen LogP contribution is 2.37. The Morgan fingerprint density at radius 2 is 2.30 bits per heavy atom. The molecular formula is C16H24N2OS. The van der Waals surface area contributed by atoms with Gasteiger partial charge in [-0.15, -0.1) is 0 Å². The van der Waals surface area contributed by atoms with E-state index in [9.17, 15) is 0 Å². The molecule has 110 valence electrons. The van der Waals surface area contributed by atoms with Crippen LogP contribution in [0.5, 0.6) is 0 Å². The molecule has 0 radical (unpaired) electrons. The van der Waals surface area contributed by atoms with Gasteiger partial charge in [0.15, 0.2) is 0 Å². The van der Waals surface area contributed by atoms with Crippen molar-refractivity contribution >= 4 is 11.8 Å². The molecule has 0 amide bonds. The molecule has 1 unspecified atom stereocenters. The van der Waals surface area contributed by atoms with E-state index in [4.69, 9.17) is 4.74 Å². The van der Waals surface area contributed by atoms with Gasteiger partial charge in [-0.05, 0) is 61.3 Å². The van der Waals surface area contributed by atoms with Gasteiger partial charge in [-0.25, -0.2) is 0 Å². The summed E-state index contributed by atoms with van der Waals surface area (Å²) in [5.41, 5.74) is 2.81. The predicted molar refractivity (Wildman–Crippen MR) is 84.1 cm³/mol. The molecular weight excluding hydrogens is 268 g/mol. The van der Waals surface area contributed by atoms with Crippen LogP contribution >= 0.6 is 11.8 Å². The number of aromatic nitrogens is 1. The monoisotopic (exact) mass is 292 g/mol. The fourth-order valence-corrected chi connectivity index (χ4v) is 4.47. The second-order valence-electron chi connectivity index (χ2n) is 6.02. The van der Waals surface area contributed by atoms with E-state index >= 15 is 0 Å². The minimum absolute atomic E-state index is 0.172. The average molecular weight is 292 g/mol. The fourth-order valence-electron chi connectivity index (χ4n) is 3.23. The lowest BCUT2D eigenvalue weighted by atomic mass is 9.85. The second kappa shape index (κ2) is 6.46. The van der Waals surface area contributed by atoms with Crippen molar-refractivity contribution < 1.29 is 4.74 Å². The number of aryl methyl sites for hydroxylation is 1. The summed E-state index contributed by atoms with van der Waals surface area (Å²) in [5, 5.41) is 3.72. The molecule has 0 aromatic carbocycles. The molecule has 1 aromatic rings. The first-order valence-electron chi connectivity index (χ1n) is 7.62. The van der Waals surface area contributed by atoms with E-state index in [1.165, 1.54) is 41.9 Å². The molecule has 3 heterocycles. The van der Waals surface area contributed by atoms with Crippen LogP contribution in [0, 0.1) is 6.92 Å². The van der Waals surface area contributed by atoms with E-state index in [2.05, 4.69) is 35.1 Å². The highest BCUT2D eigenvalue weighted by molar-refractivity contribution is 7.99. The number of hydrogen-bond acceptors (Lipinski definition) is 4. The van der Waals surface area contributed by atoms with E-state index in [1.807, 2.05) is 12.4 Å². The third kappa shape index (κ3) is 3.35. The predicted octanol–water partition coefficient (Wildman–Crippen LogP) is 2.92. The summed E-state index contributed by atoms with van der Waals surface area (Å²) in [6.45, 7) is 3.99. The van der Waals surface area contributed by atoms with E-state index in [-0.39, 0.29) is 5.60 Å². The highest BCUT2D eigenvalue weighted by atomic mass is 32.2. The smallest absolute Gasteiger partial charge is 0.0713 e. The first kappa shape index (κ1) is 14.4. The molecule has 20 heavy (non-hydrogen) atoms. The van der Waals surface area contributed by atoms with Crippen LogP contribution in [0.15, 0.2) is 18.5 Å². The number of thioether (sulfide) groups is 1. The summed E-state index contributed by atoms with van der Waals surface area (Å²) >= 11 is 2.07. The van der Waals surface area contributed by atoms with Crippen LogP contribution < -0.4 is 5.32 Å². The molecule has 2 aliphatic rings. The van der Waals surface area contributed by atoms with Gasteiger partial charge in [-0.1, -0.05) is 0 Å². The molecule has 3 nitrogen and oxygen atoms in total. The number of hydrogen-bond donors (Lipinski definition) is 1. The van der Waals surface area contributed by atoms with Crippen LogP contribution in [-0.2, 0) is 11.3 Å². The molecule has 0 saturated carbocycles. The maximum absolute atomic E-state index is 6.15. The molecule has 1 spiro atoms. The van der Waals surface area contributed by atoms with Crippen molar-refractivity contribution in [3.8, 4) is 0 Å². The first-order chi connectivity index (χ1) is 9.77. The Morgan fingerprint density at radius 1 is 1.45 bits per heavy atom. The van der Waals surface area contributed by atoms with Gasteiger partial charge in [0, 0.05) is 31.6 Å². The van der Waals surface area contributed by atoms with Crippen molar-refractivity contribution in [2.45, 2.75) is 50.8 Å². The van der Waals surface area contributed by atoms with Crippen molar-refractivity contribution in [1.29, 1.82) is 0 Å². The topological polar surface area (TPSA) is 34.2 Å². The van der Waals surface area contributed by atoms with Crippen LogP contribution in [-0.4, -0.2) is 34.7 Å². The van der Waals surface area contributed by atoms with Crippen LogP contribution in [0.4, 0.5) is 0 Å². The molecule has 4 heteroatoms. The number of nitrogens with one attached hydrogen (secondary N) is 1. The summed E-state index contributed by atoms with van der Waals surface area (Å²) in [7, 11) is 0. The number of nitrogens with zero attached hydrogens (tertiary/aromatic N) is 1. The maximum Gasteiger partial charge on any atom is 0.0713 e. The summed E-state index contributed by atoms with van der Waals surface area (Å²) in [4.78, 5) is 4.23. The largest absolute Gasteiger partial charge is 0.375 e. The Balaban J connectivity index is 1.56. The van der Waals surface area contributed by atoms with Crippen LogP contribution in [0.25, 0.3) is 0 Å². The zero-order valence-corrected chi connectivity index (χ0v) is 13.0. The van der Waals surface area contributed by atoms with Crippen molar-refractivity contribution in [2.75, 3.05) is 18.1 Å². The molecule has 1 atom stereocenters. The van der Waals surface area contributed by atoms with E-state index in [0.29, 0.717) is 6.04 Å². The average Bonchev–Trinajstić information content (AvgIpc) is 2.47. The molecule has 3 rings (SSSR count). The molecule has 2 saturated heterocycles. The van der Waals surface area contributed by atoms with Gasteiger partial charge in [-0.2, -0.15) is 11.8 Å². The highest BCUT2D eigenvalue weighted by Gasteiger charge is 2.38. The molecule has 2 fully saturated rings. The Labute approximate surface area is 125 Å². The quantitative estimate of drug-likeness (QED) is 0.929. The SMILES string of the molecule is Cc1ccncc1CNC1CCOC2(CCSCC2)C1. The Morgan fingerprint density at radius 3 is 3.10 bits per heavy atom. The van der Waals surface area contributed by atoms with Gasteiger partial charge in [0.05, 0.1) is 5.60 Å². The zero-order chi connectivity index (χ0) is 13.8. The minimum atomic E-state index is 0.172. The Hall–Kier alpha value is -0.580. The molecule has 1 aromatic heterocycles. The number of pyridine rings is 1. The number of ether oxygens (including phenoxy) is 1. The summed E-state index contributed by atoms with van der Waals surface area (Å²) in [5.74, 6) is 2.52. The van der Waals surface area contributed by atoms with Gasteiger partial charge in [-0.3, -0.25) is 4.98 Å². The summed E-state index contributed by atoms with van der Waals surface area (Å²) in [6.07, 6.45) is 8.60. The third-order valence-electron chi connectivity index (χ3n) is 4.63. The molecule has 0 bridgehead atoms. The van der Waals surface area contributed by atoms with Crippen molar-refractivity contribution in [1.82, 2.24) is 10.3 Å². The maximum atomic E-state index is 6.15. The zero-order valence-electron chi connectivity index (χ0n) is 12.2. The summed E-state index contributed by atoms with van der Waals surface area (Å²) in [6, 6.07) is 2.67. The molecule has 1 N–H and O–H groups in total. The first-order valence-corrected chi connectivity index (χ1v) is 8.77. The van der Waals surface area contributed by atoms with Gasteiger partial charge < -0.3 is 10.1 Å². The van der Waals surface area contributed by atoms with Crippen molar-refractivity contribution in [3.63, 3.8) is 0 Å². The lowest BCUT2D eigenvalue weighted by Crippen LogP contribution is -2.48. The van der Waals surface area contributed by atoms with Crippen LogP contribution in [0.2, 0.25) is 0 Å². The lowest BCUT2D eigenvalue weighted by Gasteiger charge is -2.43. The van der Waals surface area contributed by atoms with Gasteiger partial charge in [0.25, 0.3) is 0 Å². The van der Waals surface area contributed by atoms with Crippen molar-refractivity contribution in [3.05, 3.63) is 29.6 Å². The van der Waals surface area contributed by atoms with E-state index in [1.54, 1.807) is 0 Å². The molecule has 2 aliphatic heterocycles. The van der Waals surface area contributed by atoms with Crippen LogP contribution in [0.1, 0.15) is 36.8 Å². The normalized spacial score (nSPS) is 25.8. The third-order valence-corrected chi connectivity index (χ3v) is 5.61. The van der Waals surface area contributed by atoms with Gasteiger partial charge >= 0.3 is 0 Å². The van der Waals surface area contributed by atoms with E-state index < -0.39 is 0 Å². The lowest BCUT2D eigenvalue weighted by molar-refractivity contribution is -0.0933. The van der Waals surface area contributed by atoms with Gasteiger partial charge in [0.1, 0.15) is 0 Å². The fraction of sp³-hybridized carbons (Fsp3) is 0.688. The Bertz CT molecular complexity index is 440. The second-order valence-corrected chi connectivity index (χ2v) is 7.24. The minimum Gasteiger partial charge on any atom is -0.375 e. The standard InChI is InChI=1S/C16H24N2OS/c1-13-2-6-17-11-14(13)12-18-15-3-7-19-16(10-15)4-8-20-9-5-16/h2,6,11,15,18H,3-5,7-10,12H2,1H3. The van der Waals surface area contributed by atoms with Gasteiger partial charge in [0.2, 0.25) is 0 Å². The van der Waals surface area contributed by atoms with E-state index in [0.717, 1.165) is 19.6 Å². The van der Waals surface area contributed by atoms with Crippen LogP contribution in [0.3, 0.4) is 0 Å². The number of rotatable bonds is 3. The molecule has 0 aliphatic carbocycles.